The zero-order chi connectivity index (χ0) is 20.7. The van der Waals surface area contributed by atoms with Gasteiger partial charge in [-0.1, -0.05) is 0 Å². The van der Waals surface area contributed by atoms with Crippen LogP contribution in [-0.4, -0.2) is 41.7 Å². The molecule has 1 fully saturated rings. The van der Waals surface area contributed by atoms with Crippen LogP contribution in [0.25, 0.3) is 16.4 Å². The molecule has 4 heterocycles. The van der Waals surface area contributed by atoms with Gasteiger partial charge in [0.2, 0.25) is 0 Å². The molecule has 1 amide bonds. The number of carbonyl (C=O) groups is 1. The molecule has 0 atom stereocenters. The second-order valence-electron chi connectivity index (χ2n) is 7.84. The zero-order valence-corrected chi connectivity index (χ0v) is 17.8. The second-order valence-corrected chi connectivity index (χ2v) is 9.04. The van der Waals surface area contributed by atoms with Gasteiger partial charge < -0.3 is 9.88 Å². The lowest BCUT2D eigenvalue weighted by Gasteiger charge is -2.31. The molecule has 154 valence electrons. The van der Waals surface area contributed by atoms with Crippen LogP contribution in [0.3, 0.4) is 0 Å². The minimum atomic E-state index is -0.0433. The van der Waals surface area contributed by atoms with E-state index in [1.807, 2.05) is 26.1 Å². The van der Waals surface area contributed by atoms with Crippen LogP contribution in [-0.2, 0) is 0 Å². The molecule has 0 saturated heterocycles. The molecule has 0 aromatic carbocycles. The SMILES string of the molecule is Cc1sc(-n2cnnn2)c(C(=O)NC2CCC(n3cccc4ccnc3-4)CC2)c1C. The van der Waals surface area contributed by atoms with E-state index in [9.17, 15) is 4.79 Å². The Morgan fingerprint density at radius 2 is 2.03 bits per heavy atom. The Morgan fingerprint density at radius 1 is 1.20 bits per heavy atom. The van der Waals surface area contributed by atoms with Gasteiger partial charge in [-0.3, -0.25) is 4.79 Å². The molecule has 8 nitrogen and oxygen atoms in total. The van der Waals surface area contributed by atoms with Crippen LogP contribution in [0.15, 0.2) is 36.9 Å². The van der Waals surface area contributed by atoms with Crippen LogP contribution in [0.5, 0.6) is 0 Å². The summed E-state index contributed by atoms with van der Waals surface area (Å²) in [5.41, 5.74) is 2.83. The number of rotatable bonds is 4. The Balaban J connectivity index is 1.29. The number of nitrogens with zero attached hydrogens (tertiary/aromatic N) is 6. The Morgan fingerprint density at radius 3 is 2.80 bits per heavy atom. The molecular formula is C21H23N7OS. The largest absolute Gasteiger partial charge is 0.349 e. The molecular weight excluding hydrogens is 398 g/mol. The fourth-order valence-corrected chi connectivity index (χ4v) is 5.41. The Hall–Kier alpha value is -3.07. The number of thiophene rings is 1. The summed E-state index contributed by atoms with van der Waals surface area (Å²) < 4.78 is 3.86. The number of tetrazole rings is 1. The van der Waals surface area contributed by atoms with E-state index in [0.29, 0.717) is 11.6 Å². The monoisotopic (exact) mass is 421 g/mol. The minimum absolute atomic E-state index is 0.0433. The summed E-state index contributed by atoms with van der Waals surface area (Å²) in [6.07, 6.45) is 9.44. The molecule has 0 spiro atoms. The lowest BCUT2D eigenvalue weighted by atomic mass is 9.90. The quantitative estimate of drug-likeness (QED) is 0.544. The summed E-state index contributed by atoms with van der Waals surface area (Å²) in [6, 6.07) is 6.81. The summed E-state index contributed by atoms with van der Waals surface area (Å²) in [6.45, 7) is 4.00. The van der Waals surface area contributed by atoms with Crippen molar-refractivity contribution < 1.29 is 4.79 Å². The van der Waals surface area contributed by atoms with Crippen molar-refractivity contribution in [1.29, 1.82) is 0 Å². The maximum atomic E-state index is 13.2. The predicted molar refractivity (Wildman–Crippen MR) is 114 cm³/mol. The summed E-state index contributed by atoms with van der Waals surface area (Å²) >= 11 is 1.54. The fourth-order valence-electron chi connectivity index (χ4n) is 4.34. The maximum Gasteiger partial charge on any atom is 0.254 e. The summed E-state index contributed by atoms with van der Waals surface area (Å²) in [4.78, 5) is 18.8. The van der Waals surface area contributed by atoms with Gasteiger partial charge in [0.15, 0.2) is 0 Å². The van der Waals surface area contributed by atoms with Gasteiger partial charge in [-0.2, -0.15) is 4.68 Å². The summed E-state index contributed by atoms with van der Waals surface area (Å²) in [5.74, 6) is 0.999. The number of aryl methyl sites for hydroxylation is 1. The van der Waals surface area contributed by atoms with Crippen LogP contribution < -0.4 is 5.32 Å². The Bertz CT molecular complexity index is 1140. The predicted octanol–water partition coefficient (Wildman–Crippen LogP) is 3.56. The van der Waals surface area contributed by atoms with Crippen molar-refractivity contribution in [2.24, 2.45) is 0 Å². The van der Waals surface area contributed by atoms with E-state index in [1.165, 1.54) is 23.2 Å². The molecule has 3 aliphatic rings. The number of hydrogen-bond acceptors (Lipinski definition) is 6. The molecule has 0 radical (unpaired) electrons. The van der Waals surface area contributed by atoms with E-state index in [4.69, 9.17) is 0 Å². The van der Waals surface area contributed by atoms with Gasteiger partial charge in [0, 0.05) is 34.9 Å². The first-order valence-electron chi connectivity index (χ1n) is 10.2. The first kappa shape index (κ1) is 18.9. The molecule has 9 heteroatoms. The molecule has 1 N–H and O–H groups in total. The van der Waals surface area contributed by atoms with E-state index in [1.54, 1.807) is 4.68 Å². The van der Waals surface area contributed by atoms with Crippen molar-refractivity contribution in [3.8, 4) is 16.4 Å². The van der Waals surface area contributed by atoms with Crippen molar-refractivity contribution in [3.63, 3.8) is 0 Å². The lowest BCUT2D eigenvalue weighted by molar-refractivity contribution is 0.0922. The van der Waals surface area contributed by atoms with Crippen LogP contribution in [0.1, 0.15) is 52.5 Å². The average molecular weight is 422 g/mol. The molecule has 0 bridgehead atoms. The van der Waals surface area contributed by atoms with Crippen LogP contribution in [0.2, 0.25) is 0 Å². The maximum absolute atomic E-state index is 13.2. The van der Waals surface area contributed by atoms with Crippen LogP contribution >= 0.6 is 11.3 Å². The van der Waals surface area contributed by atoms with E-state index in [0.717, 1.165) is 46.9 Å². The molecule has 1 saturated carbocycles. The number of nitrogens with one attached hydrogen (secondary N) is 1. The number of hydrogen-bond donors (Lipinski definition) is 1. The van der Waals surface area contributed by atoms with Crippen molar-refractivity contribution in [2.75, 3.05) is 0 Å². The molecule has 2 aliphatic heterocycles. The first-order valence-corrected chi connectivity index (χ1v) is 11.0. The van der Waals surface area contributed by atoms with Gasteiger partial charge in [0.25, 0.3) is 5.91 Å². The highest BCUT2D eigenvalue weighted by atomic mass is 32.1. The zero-order valence-electron chi connectivity index (χ0n) is 16.9. The van der Waals surface area contributed by atoms with Gasteiger partial charge in [-0.25, -0.2) is 4.98 Å². The van der Waals surface area contributed by atoms with Gasteiger partial charge >= 0.3 is 0 Å². The molecule has 0 unspecified atom stereocenters. The molecule has 1 aliphatic carbocycles. The van der Waals surface area contributed by atoms with Crippen molar-refractivity contribution >= 4 is 17.2 Å². The summed E-state index contributed by atoms with van der Waals surface area (Å²) in [7, 11) is 0. The normalized spacial score (nSPS) is 19.3. The number of amides is 1. The third kappa shape index (κ3) is 3.28. The number of carbonyl (C=O) groups excluding carboxylic acids is 1. The molecule has 30 heavy (non-hydrogen) atoms. The molecule has 2 aromatic rings. The smallest absolute Gasteiger partial charge is 0.254 e. The third-order valence-electron chi connectivity index (χ3n) is 6.05. The standard InChI is InChI=1S/C21H23N7OS/c1-13-14(2)30-21(28-12-23-25-26-28)18(13)20(29)24-16-5-7-17(8-6-16)27-11-3-4-15-9-10-22-19(15)27/h3-4,9-12,16-17H,5-8H2,1-2H3,(H,24,29). The van der Waals surface area contributed by atoms with Gasteiger partial charge in [0.1, 0.15) is 17.2 Å². The van der Waals surface area contributed by atoms with Crippen LogP contribution in [0, 0.1) is 13.8 Å². The fraction of sp³-hybridized carbons (Fsp3) is 0.381. The van der Waals surface area contributed by atoms with E-state index < -0.39 is 0 Å². The highest BCUT2D eigenvalue weighted by Gasteiger charge is 2.28. The van der Waals surface area contributed by atoms with Crippen molar-refractivity contribution in [3.05, 3.63) is 52.9 Å². The lowest BCUT2D eigenvalue weighted by Crippen LogP contribution is -2.38. The first-order chi connectivity index (χ1) is 14.6. The van der Waals surface area contributed by atoms with Crippen LogP contribution in [0.4, 0.5) is 0 Å². The average Bonchev–Trinajstić information content (AvgIpc) is 3.49. The van der Waals surface area contributed by atoms with Crippen molar-refractivity contribution in [1.82, 2.24) is 35.1 Å². The topological polar surface area (TPSA) is 90.5 Å². The van der Waals surface area contributed by atoms with E-state index in [-0.39, 0.29) is 11.9 Å². The highest BCUT2D eigenvalue weighted by molar-refractivity contribution is 7.15. The number of fused-ring (bicyclic) bond motifs is 1. The number of pyridine rings is 1. The highest BCUT2D eigenvalue weighted by Crippen LogP contribution is 2.34. The molecule has 2 aromatic heterocycles. The minimum Gasteiger partial charge on any atom is -0.349 e. The second kappa shape index (κ2) is 7.64. The summed E-state index contributed by atoms with van der Waals surface area (Å²) in [5, 5.41) is 15.4. The van der Waals surface area contributed by atoms with Gasteiger partial charge in [-0.05, 0) is 73.7 Å². The Kier molecular flexibility index (Phi) is 4.82. The Labute approximate surface area is 178 Å². The van der Waals surface area contributed by atoms with E-state index in [2.05, 4.69) is 48.7 Å². The molecule has 5 rings (SSSR count). The number of aromatic nitrogens is 6. The van der Waals surface area contributed by atoms with Crippen molar-refractivity contribution in [2.45, 2.75) is 51.6 Å². The third-order valence-corrected chi connectivity index (χ3v) is 7.25. The van der Waals surface area contributed by atoms with Gasteiger partial charge in [-0.15, -0.1) is 16.4 Å². The van der Waals surface area contributed by atoms with Gasteiger partial charge in [0.05, 0.1) is 5.56 Å². The van der Waals surface area contributed by atoms with E-state index >= 15 is 0 Å².